The largest absolute Gasteiger partial charge is 0.396 e. The van der Waals surface area contributed by atoms with E-state index in [2.05, 4.69) is 0 Å². The third-order valence-electron chi connectivity index (χ3n) is 3.58. The second kappa shape index (κ2) is 6.04. The number of non-ortho nitro benzene ring substituents is 1. The molecule has 116 valence electrons. The lowest BCUT2D eigenvalue weighted by molar-refractivity contribution is -0.385. The lowest BCUT2D eigenvalue weighted by Crippen LogP contribution is -2.39. The first kappa shape index (κ1) is 15.8. The quantitative estimate of drug-likeness (QED) is 0.662. The van der Waals surface area contributed by atoms with Gasteiger partial charge in [-0.1, -0.05) is 0 Å². The van der Waals surface area contributed by atoms with E-state index in [1.54, 1.807) is 0 Å². The summed E-state index contributed by atoms with van der Waals surface area (Å²) in [6.07, 6.45) is 1.01. The number of nitrogens with zero attached hydrogens (tertiary/aromatic N) is 2. The van der Waals surface area contributed by atoms with Gasteiger partial charge in [-0.2, -0.15) is 4.31 Å². The van der Waals surface area contributed by atoms with Crippen LogP contribution in [-0.4, -0.2) is 42.4 Å². The van der Waals surface area contributed by atoms with Crippen molar-refractivity contribution in [1.82, 2.24) is 4.31 Å². The monoisotopic (exact) mass is 318 g/mol. The van der Waals surface area contributed by atoms with Crippen molar-refractivity contribution in [1.29, 1.82) is 0 Å². The summed E-state index contributed by atoms with van der Waals surface area (Å²) in [6.45, 7) is 0.397. The van der Waals surface area contributed by atoms with Crippen molar-refractivity contribution < 1.29 is 22.8 Å². The fraction of sp³-hybridized carbons (Fsp3) is 0.500. The molecule has 0 aliphatic carbocycles. The van der Waals surface area contributed by atoms with Crippen LogP contribution in [0.15, 0.2) is 23.1 Å². The zero-order valence-electron chi connectivity index (χ0n) is 11.1. The molecule has 0 radical (unpaired) electrons. The van der Waals surface area contributed by atoms with Gasteiger partial charge in [-0.05, 0) is 24.8 Å². The van der Waals surface area contributed by atoms with Crippen LogP contribution >= 0.6 is 0 Å². The highest BCUT2D eigenvalue weighted by Gasteiger charge is 2.31. The van der Waals surface area contributed by atoms with E-state index in [0.717, 1.165) is 16.4 Å². The average molecular weight is 318 g/mol. The maximum atomic E-state index is 13.9. The van der Waals surface area contributed by atoms with Crippen LogP contribution in [0.2, 0.25) is 0 Å². The van der Waals surface area contributed by atoms with Crippen LogP contribution < -0.4 is 0 Å². The summed E-state index contributed by atoms with van der Waals surface area (Å²) in [5, 5.41) is 19.6. The minimum Gasteiger partial charge on any atom is -0.396 e. The van der Waals surface area contributed by atoms with Gasteiger partial charge in [0.25, 0.3) is 5.69 Å². The average Bonchev–Trinajstić information content (AvgIpc) is 2.46. The molecule has 1 aromatic rings. The summed E-state index contributed by atoms with van der Waals surface area (Å²) < 4.78 is 39.7. The van der Waals surface area contributed by atoms with Crippen LogP contribution in [0, 0.1) is 21.8 Å². The van der Waals surface area contributed by atoms with Gasteiger partial charge in [-0.15, -0.1) is 0 Å². The fourth-order valence-corrected chi connectivity index (χ4v) is 3.80. The maximum absolute atomic E-state index is 13.9. The van der Waals surface area contributed by atoms with Crippen LogP contribution in [-0.2, 0) is 10.0 Å². The molecule has 0 spiro atoms. The molecular weight excluding hydrogens is 303 g/mol. The number of aliphatic hydroxyl groups excluding tert-OH is 1. The zero-order valence-corrected chi connectivity index (χ0v) is 11.9. The van der Waals surface area contributed by atoms with Gasteiger partial charge in [-0.3, -0.25) is 10.1 Å². The van der Waals surface area contributed by atoms with E-state index in [1.807, 2.05) is 0 Å². The van der Waals surface area contributed by atoms with E-state index in [-0.39, 0.29) is 25.6 Å². The molecule has 7 nitrogen and oxygen atoms in total. The molecule has 1 aromatic carbocycles. The number of nitro groups is 1. The Kier molecular flexibility index (Phi) is 4.55. The number of benzene rings is 1. The first-order chi connectivity index (χ1) is 9.86. The predicted molar refractivity (Wildman–Crippen MR) is 71.6 cm³/mol. The van der Waals surface area contributed by atoms with Gasteiger partial charge in [0.1, 0.15) is 10.7 Å². The van der Waals surface area contributed by atoms with E-state index in [1.165, 1.54) is 0 Å². The Morgan fingerprint density at radius 3 is 2.48 bits per heavy atom. The maximum Gasteiger partial charge on any atom is 0.272 e. The Labute approximate surface area is 121 Å². The Hall–Kier alpha value is -1.58. The second-order valence-electron chi connectivity index (χ2n) is 4.90. The van der Waals surface area contributed by atoms with E-state index in [0.29, 0.717) is 18.9 Å². The van der Waals surface area contributed by atoms with Crippen LogP contribution in [0.4, 0.5) is 10.1 Å². The lowest BCUT2D eigenvalue weighted by Gasteiger charge is -2.30. The Bertz CT molecular complexity index is 641. The van der Waals surface area contributed by atoms with Gasteiger partial charge in [0.05, 0.1) is 11.0 Å². The van der Waals surface area contributed by atoms with Crippen LogP contribution in [0.25, 0.3) is 0 Å². The highest BCUT2D eigenvalue weighted by atomic mass is 32.2. The molecule has 1 saturated heterocycles. The van der Waals surface area contributed by atoms with E-state index < -0.39 is 31.3 Å². The van der Waals surface area contributed by atoms with Crippen LogP contribution in [0.1, 0.15) is 12.8 Å². The van der Waals surface area contributed by atoms with Gasteiger partial charge in [0.2, 0.25) is 10.0 Å². The zero-order chi connectivity index (χ0) is 15.6. The number of rotatable bonds is 4. The van der Waals surface area contributed by atoms with Gasteiger partial charge < -0.3 is 5.11 Å². The molecule has 0 amide bonds. The molecule has 1 aliphatic heterocycles. The normalized spacial score (nSPS) is 17.8. The van der Waals surface area contributed by atoms with Crippen molar-refractivity contribution >= 4 is 15.7 Å². The molecule has 0 saturated carbocycles. The van der Waals surface area contributed by atoms with Gasteiger partial charge in [-0.25, -0.2) is 12.8 Å². The van der Waals surface area contributed by atoms with Crippen LogP contribution in [0.3, 0.4) is 0 Å². The summed E-state index contributed by atoms with van der Waals surface area (Å²) in [4.78, 5) is 9.20. The molecular formula is C12H15FN2O5S. The van der Waals surface area contributed by atoms with E-state index in [9.17, 15) is 22.9 Å². The molecule has 1 heterocycles. The molecule has 1 aliphatic rings. The molecule has 1 N–H and O–H groups in total. The fourth-order valence-electron chi connectivity index (χ4n) is 2.28. The topological polar surface area (TPSA) is 101 Å². The molecule has 1 fully saturated rings. The molecule has 21 heavy (non-hydrogen) atoms. The molecule has 0 aromatic heterocycles. The molecule has 0 atom stereocenters. The number of halogens is 1. The van der Waals surface area contributed by atoms with Crippen molar-refractivity contribution in [2.45, 2.75) is 17.7 Å². The molecule has 9 heteroatoms. The van der Waals surface area contributed by atoms with Crippen molar-refractivity contribution in [2.24, 2.45) is 5.92 Å². The Balaban J connectivity index is 2.26. The standard InChI is InChI=1S/C12H15FN2O5S/c13-11-7-10(15(17)18)1-2-12(11)21(19,20)14-5-3-9(8-16)4-6-14/h1-2,7,9,16H,3-6,8H2. The molecule has 2 rings (SSSR count). The number of hydrogen-bond donors (Lipinski definition) is 1. The summed E-state index contributed by atoms with van der Waals surface area (Å²) in [5.41, 5.74) is -0.495. The Morgan fingerprint density at radius 2 is 2.00 bits per heavy atom. The van der Waals surface area contributed by atoms with Crippen molar-refractivity contribution in [3.05, 3.63) is 34.1 Å². The molecule has 0 unspecified atom stereocenters. The second-order valence-corrected chi connectivity index (χ2v) is 6.81. The number of sulfonamides is 1. The van der Waals surface area contributed by atoms with E-state index in [4.69, 9.17) is 5.11 Å². The minimum absolute atomic E-state index is 0.000218. The first-order valence-electron chi connectivity index (χ1n) is 6.41. The smallest absolute Gasteiger partial charge is 0.272 e. The Morgan fingerprint density at radius 1 is 1.38 bits per heavy atom. The highest BCUT2D eigenvalue weighted by molar-refractivity contribution is 7.89. The highest BCUT2D eigenvalue weighted by Crippen LogP contribution is 2.27. The summed E-state index contributed by atoms with van der Waals surface area (Å²) >= 11 is 0. The third-order valence-corrected chi connectivity index (χ3v) is 5.51. The molecule has 0 bridgehead atoms. The van der Waals surface area contributed by atoms with Crippen molar-refractivity contribution in [3.8, 4) is 0 Å². The minimum atomic E-state index is -4.01. The summed E-state index contributed by atoms with van der Waals surface area (Å²) in [5.74, 6) is -1.08. The van der Waals surface area contributed by atoms with Crippen molar-refractivity contribution in [2.75, 3.05) is 19.7 Å². The van der Waals surface area contributed by atoms with Crippen molar-refractivity contribution in [3.63, 3.8) is 0 Å². The lowest BCUT2D eigenvalue weighted by atomic mass is 10.00. The predicted octanol–water partition coefficient (Wildman–Crippen LogP) is 1.13. The van der Waals surface area contributed by atoms with Gasteiger partial charge in [0, 0.05) is 25.8 Å². The summed E-state index contributed by atoms with van der Waals surface area (Å²) in [7, 11) is -4.01. The summed E-state index contributed by atoms with van der Waals surface area (Å²) in [6, 6.07) is 2.49. The SMILES string of the molecule is O=[N+]([O-])c1ccc(S(=O)(=O)N2CCC(CO)CC2)c(F)c1. The first-order valence-corrected chi connectivity index (χ1v) is 7.85. The van der Waals surface area contributed by atoms with E-state index >= 15 is 0 Å². The number of nitro benzene ring substituents is 1. The van der Waals surface area contributed by atoms with Crippen LogP contribution in [0.5, 0.6) is 0 Å². The number of hydrogen-bond acceptors (Lipinski definition) is 5. The number of piperidine rings is 1. The van der Waals surface area contributed by atoms with Gasteiger partial charge in [0.15, 0.2) is 0 Å². The van der Waals surface area contributed by atoms with Gasteiger partial charge >= 0.3 is 0 Å². The number of aliphatic hydroxyl groups is 1. The third kappa shape index (κ3) is 3.20.